The maximum Gasteiger partial charge on any atom is 0.257 e. The van der Waals surface area contributed by atoms with Crippen LogP contribution in [0.4, 0.5) is 0 Å². The van der Waals surface area contributed by atoms with Crippen LogP contribution in [-0.2, 0) is 4.74 Å². The molecule has 2 aromatic rings. The molecule has 1 aliphatic heterocycles. The molecule has 1 saturated heterocycles. The van der Waals surface area contributed by atoms with Gasteiger partial charge in [0.25, 0.3) is 5.91 Å². The summed E-state index contributed by atoms with van der Waals surface area (Å²) in [6.45, 7) is 7.82. The zero-order chi connectivity index (χ0) is 15.7. The molecule has 1 fully saturated rings. The molecule has 5 heteroatoms. The van der Waals surface area contributed by atoms with Gasteiger partial charge in [-0.3, -0.25) is 4.79 Å². The lowest BCUT2D eigenvalue weighted by Crippen LogP contribution is -2.47. The molecular formula is C17H21N3O2. The highest BCUT2D eigenvalue weighted by atomic mass is 16.5. The molecule has 22 heavy (non-hydrogen) atoms. The molecular weight excluding hydrogens is 278 g/mol. The molecule has 3 rings (SSSR count). The van der Waals surface area contributed by atoms with Crippen molar-refractivity contribution in [3.63, 3.8) is 0 Å². The van der Waals surface area contributed by atoms with Gasteiger partial charge in [0, 0.05) is 6.54 Å². The van der Waals surface area contributed by atoms with Crippen molar-refractivity contribution >= 4 is 5.91 Å². The topological polar surface area (TPSA) is 47.4 Å². The minimum atomic E-state index is 0.0353. The van der Waals surface area contributed by atoms with Crippen LogP contribution in [-0.4, -0.2) is 46.4 Å². The van der Waals surface area contributed by atoms with Crippen molar-refractivity contribution < 1.29 is 9.53 Å². The van der Waals surface area contributed by atoms with Gasteiger partial charge in [-0.25, -0.2) is 4.68 Å². The van der Waals surface area contributed by atoms with Crippen LogP contribution in [0.2, 0.25) is 0 Å². The minimum Gasteiger partial charge on any atom is -0.377 e. The number of rotatable bonds is 2. The van der Waals surface area contributed by atoms with Crippen molar-refractivity contribution in [3.8, 4) is 5.69 Å². The normalized spacial score (nSPS) is 18.5. The lowest BCUT2D eigenvalue weighted by Gasteiger charge is -2.33. The van der Waals surface area contributed by atoms with Crippen LogP contribution in [0.1, 0.15) is 28.5 Å². The average Bonchev–Trinajstić information content (AvgIpc) is 2.89. The highest BCUT2D eigenvalue weighted by molar-refractivity contribution is 5.95. The van der Waals surface area contributed by atoms with Gasteiger partial charge < -0.3 is 9.64 Å². The summed E-state index contributed by atoms with van der Waals surface area (Å²) in [7, 11) is 0. The van der Waals surface area contributed by atoms with Crippen molar-refractivity contribution in [1.29, 1.82) is 0 Å². The number of aromatic nitrogens is 2. The monoisotopic (exact) mass is 299 g/mol. The van der Waals surface area contributed by atoms with Gasteiger partial charge in [0.2, 0.25) is 0 Å². The van der Waals surface area contributed by atoms with E-state index in [9.17, 15) is 4.79 Å². The SMILES string of the molecule is Cc1ccccc1-n1ncc(C(=O)N2CCOCC2C)c1C. The van der Waals surface area contributed by atoms with Gasteiger partial charge in [-0.2, -0.15) is 5.10 Å². The van der Waals surface area contributed by atoms with Crippen molar-refractivity contribution in [3.05, 3.63) is 47.3 Å². The number of morpholine rings is 1. The second-order valence-corrected chi connectivity index (χ2v) is 5.76. The molecule has 1 aromatic heterocycles. The van der Waals surface area contributed by atoms with E-state index in [1.54, 1.807) is 6.20 Å². The van der Waals surface area contributed by atoms with Crippen LogP contribution in [0, 0.1) is 13.8 Å². The van der Waals surface area contributed by atoms with Gasteiger partial charge in [0.1, 0.15) is 0 Å². The molecule has 0 spiro atoms. The number of amides is 1. The Kier molecular flexibility index (Phi) is 3.98. The molecule has 1 aliphatic rings. The van der Waals surface area contributed by atoms with E-state index in [0.29, 0.717) is 25.3 Å². The summed E-state index contributed by atoms with van der Waals surface area (Å²) in [4.78, 5) is 14.6. The van der Waals surface area contributed by atoms with E-state index in [4.69, 9.17) is 4.74 Å². The first kappa shape index (κ1) is 14.8. The second kappa shape index (κ2) is 5.93. The fourth-order valence-corrected chi connectivity index (χ4v) is 2.85. The second-order valence-electron chi connectivity index (χ2n) is 5.76. The van der Waals surface area contributed by atoms with E-state index in [0.717, 1.165) is 16.9 Å². The van der Waals surface area contributed by atoms with E-state index < -0.39 is 0 Å². The molecule has 2 heterocycles. The predicted octanol–water partition coefficient (Wildman–Crippen LogP) is 2.35. The zero-order valence-electron chi connectivity index (χ0n) is 13.2. The Labute approximate surface area is 130 Å². The summed E-state index contributed by atoms with van der Waals surface area (Å²) in [5.74, 6) is 0.0353. The molecule has 0 bridgehead atoms. The maximum atomic E-state index is 12.8. The number of nitrogens with zero attached hydrogens (tertiary/aromatic N) is 3. The standard InChI is InChI=1S/C17H21N3O2/c1-12-6-4-5-7-16(12)20-14(3)15(10-18-20)17(21)19-8-9-22-11-13(19)2/h4-7,10,13H,8-9,11H2,1-3H3. The van der Waals surface area contributed by atoms with Crippen LogP contribution in [0.25, 0.3) is 5.69 Å². The molecule has 1 unspecified atom stereocenters. The van der Waals surface area contributed by atoms with E-state index in [-0.39, 0.29) is 11.9 Å². The number of hydrogen-bond acceptors (Lipinski definition) is 3. The smallest absolute Gasteiger partial charge is 0.257 e. The van der Waals surface area contributed by atoms with Crippen molar-refractivity contribution in [2.75, 3.05) is 19.8 Å². The van der Waals surface area contributed by atoms with Gasteiger partial charge in [-0.15, -0.1) is 0 Å². The van der Waals surface area contributed by atoms with E-state index in [1.807, 2.05) is 54.6 Å². The Morgan fingerprint density at radius 1 is 1.32 bits per heavy atom. The van der Waals surface area contributed by atoms with Gasteiger partial charge >= 0.3 is 0 Å². The van der Waals surface area contributed by atoms with Crippen LogP contribution in [0.15, 0.2) is 30.5 Å². The quantitative estimate of drug-likeness (QED) is 0.855. The Morgan fingerprint density at radius 3 is 2.82 bits per heavy atom. The molecule has 0 saturated carbocycles. The van der Waals surface area contributed by atoms with Crippen LogP contribution < -0.4 is 0 Å². The van der Waals surface area contributed by atoms with Gasteiger partial charge in [0.05, 0.1) is 42.4 Å². The van der Waals surface area contributed by atoms with Gasteiger partial charge in [0.15, 0.2) is 0 Å². The number of aryl methyl sites for hydroxylation is 1. The van der Waals surface area contributed by atoms with Crippen LogP contribution >= 0.6 is 0 Å². The number of benzene rings is 1. The number of para-hydroxylation sites is 1. The lowest BCUT2D eigenvalue weighted by molar-refractivity contribution is 0.00355. The fourth-order valence-electron chi connectivity index (χ4n) is 2.85. The zero-order valence-corrected chi connectivity index (χ0v) is 13.2. The molecule has 1 aromatic carbocycles. The molecule has 0 radical (unpaired) electrons. The number of carbonyl (C=O) groups is 1. The Hall–Kier alpha value is -2.14. The first-order chi connectivity index (χ1) is 10.6. The third-order valence-corrected chi connectivity index (χ3v) is 4.21. The van der Waals surface area contributed by atoms with E-state index in [1.165, 1.54) is 0 Å². The first-order valence-electron chi connectivity index (χ1n) is 7.59. The van der Waals surface area contributed by atoms with Crippen molar-refractivity contribution in [2.45, 2.75) is 26.8 Å². The molecule has 1 atom stereocenters. The first-order valence-corrected chi connectivity index (χ1v) is 7.59. The lowest BCUT2D eigenvalue weighted by atomic mass is 10.1. The summed E-state index contributed by atoms with van der Waals surface area (Å²) >= 11 is 0. The number of ether oxygens (including phenoxy) is 1. The molecule has 0 aliphatic carbocycles. The van der Waals surface area contributed by atoms with Crippen molar-refractivity contribution in [1.82, 2.24) is 14.7 Å². The van der Waals surface area contributed by atoms with E-state index in [2.05, 4.69) is 5.10 Å². The van der Waals surface area contributed by atoms with Gasteiger partial charge in [-0.05, 0) is 32.4 Å². The van der Waals surface area contributed by atoms with Crippen LogP contribution in [0.3, 0.4) is 0 Å². The Balaban J connectivity index is 1.94. The highest BCUT2D eigenvalue weighted by Gasteiger charge is 2.27. The molecule has 1 amide bonds. The molecule has 0 N–H and O–H groups in total. The van der Waals surface area contributed by atoms with Crippen molar-refractivity contribution in [2.24, 2.45) is 0 Å². The third kappa shape index (κ3) is 2.52. The fraction of sp³-hybridized carbons (Fsp3) is 0.412. The predicted molar refractivity (Wildman–Crippen MR) is 84.4 cm³/mol. The highest BCUT2D eigenvalue weighted by Crippen LogP contribution is 2.20. The molecule has 5 nitrogen and oxygen atoms in total. The summed E-state index contributed by atoms with van der Waals surface area (Å²) in [6, 6.07) is 8.14. The molecule has 116 valence electrons. The minimum absolute atomic E-state index is 0.0353. The summed E-state index contributed by atoms with van der Waals surface area (Å²) in [6.07, 6.45) is 1.67. The Bertz CT molecular complexity index is 693. The number of hydrogen-bond donors (Lipinski definition) is 0. The Morgan fingerprint density at radius 2 is 2.09 bits per heavy atom. The summed E-state index contributed by atoms with van der Waals surface area (Å²) < 4.78 is 7.24. The van der Waals surface area contributed by atoms with Crippen LogP contribution in [0.5, 0.6) is 0 Å². The summed E-state index contributed by atoms with van der Waals surface area (Å²) in [5.41, 5.74) is 3.68. The summed E-state index contributed by atoms with van der Waals surface area (Å²) in [5, 5.41) is 4.43. The largest absolute Gasteiger partial charge is 0.377 e. The van der Waals surface area contributed by atoms with Gasteiger partial charge in [-0.1, -0.05) is 18.2 Å². The van der Waals surface area contributed by atoms with E-state index >= 15 is 0 Å². The third-order valence-electron chi connectivity index (χ3n) is 4.21. The number of carbonyl (C=O) groups excluding carboxylic acids is 1. The average molecular weight is 299 g/mol. The maximum absolute atomic E-state index is 12.8.